The molecule has 1 unspecified atom stereocenters. The second-order valence-corrected chi connectivity index (χ2v) is 7.94. The molecule has 0 bridgehead atoms. The summed E-state index contributed by atoms with van der Waals surface area (Å²) in [4.78, 5) is 17.3. The Labute approximate surface area is 181 Å². The van der Waals surface area contributed by atoms with E-state index in [9.17, 15) is 23.1 Å². The van der Waals surface area contributed by atoms with Gasteiger partial charge in [-0.3, -0.25) is 9.63 Å². The van der Waals surface area contributed by atoms with Gasteiger partial charge in [-0.25, -0.2) is 18.7 Å². The van der Waals surface area contributed by atoms with Crippen molar-refractivity contribution < 1.29 is 27.9 Å². The summed E-state index contributed by atoms with van der Waals surface area (Å²) in [6, 6.07) is 5.16. The largest absolute Gasteiger partial charge is 0.391 e. The van der Waals surface area contributed by atoms with Crippen LogP contribution in [0, 0.1) is 21.0 Å². The van der Waals surface area contributed by atoms with Gasteiger partial charge in [-0.1, -0.05) is 13.3 Å². The minimum absolute atomic E-state index is 0.130. The van der Waals surface area contributed by atoms with Gasteiger partial charge in [0.25, 0.3) is 5.91 Å². The predicted molar refractivity (Wildman–Crippen MR) is 111 cm³/mol. The SMILES string of the molecule is CCCC(O)CONC(=O)c1cc(Br)c(F)c(F)c1Nc1ccc(I)cc1F. The first kappa shape index (κ1) is 22.9. The molecule has 0 aliphatic carbocycles. The molecular formula is C18H17BrF3IN2O3. The molecule has 2 aromatic rings. The molecule has 2 rings (SSSR count). The third-order valence-corrected chi connectivity index (χ3v) is 4.91. The maximum atomic E-state index is 14.5. The van der Waals surface area contributed by atoms with E-state index in [-0.39, 0.29) is 22.3 Å². The smallest absolute Gasteiger partial charge is 0.277 e. The van der Waals surface area contributed by atoms with E-state index in [0.717, 1.165) is 12.5 Å². The number of amides is 1. The molecule has 2 aromatic carbocycles. The van der Waals surface area contributed by atoms with Crippen LogP contribution in [0.25, 0.3) is 0 Å². The second kappa shape index (κ2) is 10.4. The predicted octanol–water partition coefficient (Wildman–Crippen LogP) is 5.04. The first-order valence-electron chi connectivity index (χ1n) is 8.24. The molecule has 1 atom stereocenters. The first-order valence-corrected chi connectivity index (χ1v) is 10.1. The van der Waals surface area contributed by atoms with E-state index in [1.807, 2.05) is 29.5 Å². The Bertz CT molecular complexity index is 870. The summed E-state index contributed by atoms with van der Waals surface area (Å²) < 4.78 is 42.9. The van der Waals surface area contributed by atoms with Crippen molar-refractivity contribution in [2.45, 2.75) is 25.9 Å². The molecule has 0 spiro atoms. The van der Waals surface area contributed by atoms with Crippen molar-refractivity contribution in [1.29, 1.82) is 0 Å². The van der Waals surface area contributed by atoms with Gasteiger partial charge in [0.2, 0.25) is 0 Å². The van der Waals surface area contributed by atoms with Gasteiger partial charge in [0, 0.05) is 3.57 Å². The molecule has 0 heterocycles. The molecule has 3 N–H and O–H groups in total. The Morgan fingerprint density at radius 1 is 1.29 bits per heavy atom. The van der Waals surface area contributed by atoms with Gasteiger partial charge >= 0.3 is 0 Å². The Morgan fingerprint density at radius 2 is 2.00 bits per heavy atom. The number of hydroxylamine groups is 1. The molecule has 0 radical (unpaired) electrons. The topological polar surface area (TPSA) is 70.6 Å². The summed E-state index contributed by atoms with van der Waals surface area (Å²) >= 11 is 4.75. The Hall–Kier alpha value is -1.37. The van der Waals surface area contributed by atoms with Crippen LogP contribution >= 0.6 is 38.5 Å². The minimum Gasteiger partial charge on any atom is -0.391 e. The Balaban J connectivity index is 2.29. The van der Waals surface area contributed by atoms with E-state index in [1.54, 1.807) is 6.07 Å². The molecule has 0 aliphatic heterocycles. The first-order chi connectivity index (χ1) is 13.2. The van der Waals surface area contributed by atoms with Crippen LogP contribution in [0.3, 0.4) is 0 Å². The van der Waals surface area contributed by atoms with Crippen molar-refractivity contribution in [3.63, 3.8) is 0 Å². The number of rotatable bonds is 8. The van der Waals surface area contributed by atoms with Gasteiger partial charge < -0.3 is 10.4 Å². The summed E-state index contributed by atoms with van der Waals surface area (Å²) in [5.74, 6) is -4.18. The van der Waals surface area contributed by atoms with E-state index in [2.05, 4.69) is 26.7 Å². The van der Waals surface area contributed by atoms with Crippen molar-refractivity contribution in [3.8, 4) is 0 Å². The van der Waals surface area contributed by atoms with Crippen molar-refractivity contribution >= 4 is 55.8 Å². The highest BCUT2D eigenvalue weighted by atomic mass is 127. The third-order valence-electron chi connectivity index (χ3n) is 3.66. The lowest BCUT2D eigenvalue weighted by Crippen LogP contribution is -2.29. The van der Waals surface area contributed by atoms with E-state index in [4.69, 9.17) is 4.84 Å². The zero-order valence-electron chi connectivity index (χ0n) is 14.7. The second-order valence-electron chi connectivity index (χ2n) is 5.84. The molecule has 5 nitrogen and oxygen atoms in total. The van der Waals surface area contributed by atoms with Crippen LogP contribution in [0.1, 0.15) is 30.1 Å². The number of hydrogen-bond acceptors (Lipinski definition) is 4. The van der Waals surface area contributed by atoms with E-state index in [0.29, 0.717) is 9.99 Å². The fourth-order valence-electron chi connectivity index (χ4n) is 2.30. The number of hydrogen-bond donors (Lipinski definition) is 3. The van der Waals surface area contributed by atoms with Crippen molar-refractivity contribution in [3.05, 3.63) is 55.3 Å². The lowest BCUT2D eigenvalue weighted by molar-refractivity contribution is -0.0149. The summed E-state index contributed by atoms with van der Waals surface area (Å²) in [6.07, 6.45) is 0.427. The van der Waals surface area contributed by atoms with Gasteiger partial charge in [0.05, 0.1) is 27.5 Å². The normalized spacial score (nSPS) is 12.0. The Kier molecular flexibility index (Phi) is 8.53. The van der Waals surface area contributed by atoms with Gasteiger partial charge in [-0.15, -0.1) is 0 Å². The molecule has 10 heteroatoms. The third kappa shape index (κ3) is 5.82. The lowest BCUT2D eigenvalue weighted by atomic mass is 10.1. The van der Waals surface area contributed by atoms with Crippen LogP contribution in [-0.4, -0.2) is 23.7 Å². The molecule has 0 aromatic heterocycles. The Morgan fingerprint density at radius 3 is 2.64 bits per heavy atom. The highest BCUT2D eigenvalue weighted by Crippen LogP contribution is 2.32. The van der Waals surface area contributed by atoms with Crippen molar-refractivity contribution in [2.75, 3.05) is 11.9 Å². The molecule has 0 saturated heterocycles. The summed E-state index contributed by atoms with van der Waals surface area (Å²) in [5.41, 5.74) is 1.08. The molecule has 0 saturated carbocycles. The quantitative estimate of drug-likeness (QED) is 0.236. The zero-order chi connectivity index (χ0) is 20.8. The van der Waals surface area contributed by atoms with Gasteiger partial charge in [0.15, 0.2) is 11.6 Å². The standard InChI is InChI=1S/C18H17BrF3IN2O3/c1-2-3-10(26)8-28-25-18(27)11-7-12(19)15(21)16(22)17(11)24-14-5-4-9(23)6-13(14)20/h4-7,10,24,26H,2-3,8H2,1H3,(H,25,27). The van der Waals surface area contributed by atoms with Crippen LogP contribution in [0.5, 0.6) is 0 Å². The van der Waals surface area contributed by atoms with Crippen LogP contribution in [0.15, 0.2) is 28.7 Å². The number of aliphatic hydroxyl groups excluding tert-OH is 1. The van der Waals surface area contributed by atoms with Crippen LogP contribution in [0.4, 0.5) is 24.5 Å². The molecule has 152 valence electrons. The van der Waals surface area contributed by atoms with E-state index in [1.165, 1.54) is 12.1 Å². The molecule has 1 amide bonds. The van der Waals surface area contributed by atoms with Crippen LogP contribution < -0.4 is 10.8 Å². The fourth-order valence-corrected chi connectivity index (χ4v) is 3.15. The van der Waals surface area contributed by atoms with Gasteiger partial charge in [-0.05, 0) is 69.2 Å². The number of halogens is 5. The molecule has 0 aliphatic rings. The van der Waals surface area contributed by atoms with Gasteiger partial charge in [0.1, 0.15) is 12.4 Å². The summed E-state index contributed by atoms with van der Waals surface area (Å²) in [7, 11) is 0. The minimum atomic E-state index is -1.36. The van der Waals surface area contributed by atoms with E-state index >= 15 is 0 Å². The highest BCUT2D eigenvalue weighted by Gasteiger charge is 2.23. The number of carbonyl (C=O) groups excluding carboxylic acids is 1. The lowest BCUT2D eigenvalue weighted by Gasteiger charge is -2.16. The highest BCUT2D eigenvalue weighted by molar-refractivity contribution is 14.1. The van der Waals surface area contributed by atoms with Crippen molar-refractivity contribution in [1.82, 2.24) is 5.48 Å². The van der Waals surface area contributed by atoms with E-state index < -0.39 is 35.2 Å². The summed E-state index contributed by atoms with van der Waals surface area (Å²) in [6.45, 7) is 1.71. The average molecular weight is 573 g/mol. The van der Waals surface area contributed by atoms with Crippen LogP contribution in [-0.2, 0) is 4.84 Å². The number of anilines is 2. The molecule has 0 fully saturated rings. The monoisotopic (exact) mass is 572 g/mol. The average Bonchev–Trinajstić information content (AvgIpc) is 2.63. The van der Waals surface area contributed by atoms with Gasteiger partial charge in [-0.2, -0.15) is 0 Å². The number of nitrogens with one attached hydrogen (secondary N) is 2. The number of carbonyl (C=O) groups is 1. The number of benzene rings is 2. The molecule has 28 heavy (non-hydrogen) atoms. The maximum Gasteiger partial charge on any atom is 0.277 e. The number of aliphatic hydroxyl groups is 1. The summed E-state index contributed by atoms with van der Waals surface area (Å²) in [5, 5.41) is 12.0. The van der Waals surface area contributed by atoms with Crippen molar-refractivity contribution in [2.24, 2.45) is 0 Å². The molecular weight excluding hydrogens is 556 g/mol. The zero-order valence-corrected chi connectivity index (χ0v) is 18.4. The van der Waals surface area contributed by atoms with Crippen LogP contribution in [0.2, 0.25) is 0 Å². The fraction of sp³-hybridized carbons (Fsp3) is 0.278. The maximum absolute atomic E-state index is 14.5.